The summed E-state index contributed by atoms with van der Waals surface area (Å²) >= 11 is 4.90. The zero-order valence-electron chi connectivity index (χ0n) is 8.39. The first-order valence-electron chi connectivity index (χ1n) is 4.76. The fraction of sp³-hybridized carbons (Fsp3) is 0. The third kappa shape index (κ3) is 2.49. The molecule has 0 saturated heterocycles. The normalized spacial score (nSPS) is 11.4. The Bertz CT molecular complexity index is 514. The second-order valence-corrected chi connectivity index (χ2v) is 5.07. The number of hydrogen-bond donors (Lipinski definition) is 0. The largest absolute Gasteiger partial charge is 0.297 e. The molecular formula is C13H9BrOS. The van der Waals surface area contributed by atoms with Crippen LogP contribution in [0.15, 0.2) is 46.3 Å². The molecule has 0 aliphatic heterocycles. The van der Waals surface area contributed by atoms with E-state index in [1.165, 1.54) is 4.88 Å². The van der Waals surface area contributed by atoms with E-state index in [1.807, 2.05) is 35.7 Å². The number of carbonyl (C=O) groups is 1. The molecule has 0 saturated carbocycles. The maximum Gasteiger partial charge on any atom is 0.157 e. The van der Waals surface area contributed by atoms with Gasteiger partial charge in [0.2, 0.25) is 0 Å². The highest BCUT2D eigenvalue weighted by atomic mass is 79.9. The van der Waals surface area contributed by atoms with E-state index in [0.29, 0.717) is 4.48 Å². The van der Waals surface area contributed by atoms with Crippen molar-refractivity contribution in [1.29, 1.82) is 0 Å². The average Bonchev–Trinajstić information content (AvgIpc) is 2.83. The van der Waals surface area contributed by atoms with Gasteiger partial charge in [-0.25, -0.2) is 0 Å². The summed E-state index contributed by atoms with van der Waals surface area (Å²) in [6, 6.07) is 12.1. The number of thiophene rings is 1. The molecule has 0 aliphatic carbocycles. The van der Waals surface area contributed by atoms with E-state index in [2.05, 4.69) is 28.1 Å². The lowest BCUT2D eigenvalue weighted by molar-refractivity contribution is -0.104. The summed E-state index contributed by atoms with van der Waals surface area (Å²) in [5.74, 6) is 0. The molecule has 0 atom stereocenters. The van der Waals surface area contributed by atoms with E-state index in [4.69, 9.17) is 0 Å². The molecule has 2 aromatic rings. The number of aldehydes is 1. The van der Waals surface area contributed by atoms with Gasteiger partial charge in [-0.05, 0) is 44.6 Å². The van der Waals surface area contributed by atoms with Crippen LogP contribution in [0.3, 0.4) is 0 Å². The molecule has 1 nitrogen and oxygen atoms in total. The number of rotatable bonds is 3. The van der Waals surface area contributed by atoms with Crippen LogP contribution in [-0.2, 0) is 4.79 Å². The van der Waals surface area contributed by atoms with Crippen LogP contribution in [0.1, 0.15) is 5.56 Å². The fourth-order valence-corrected chi connectivity index (χ4v) is 2.48. The predicted molar refractivity (Wildman–Crippen MR) is 72.7 cm³/mol. The minimum absolute atomic E-state index is 0.552. The number of carbonyl (C=O) groups excluding carboxylic acids is 1. The van der Waals surface area contributed by atoms with Gasteiger partial charge in [0.05, 0.1) is 4.48 Å². The van der Waals surface area contributed by atoms with Crippen molar-refractivity contribution < 1.29 is 4.79 Å². The molecule has 80 valence electrons. The monoisotopic (exact) mass is 292 g/mol. The van der Waals surface area contributed by atoms with E-state index >= 15 is 0 Å². The molecule has 1 aromatic carbocycles. The second kappa shape index (κ2) is 5.23. The Morgan fingerprint density at radius 1 is 1.19 bits per heavy atom. The molecule has 3 heteroatoms. The Balaban J connectivity index is 2.51. The topological polar surface area (TPSA) is 17.1 Å². The van der Waals surface area contributed by atoms with Crippen LogP contribution in [0.5, 0.6) is 0 Å². The molecule has 0 bridgehead atoms. The van der Waals surface area contributed by atoms with Crippen LogP contribution in [0.25, 0.3) is 16.5 Å². The fourth-order valence-electron chi connectivity index (χ4n) is 1.46. The summed E-state index contributed by atoms with van der Waals surface area (Å²) in [7, 11) is 0. The van der Waals surface area contributed by atoms with Gasteiger partial charge in [0.25, 0.3) is 0 Å². The van der Waals surface area contributed by atoms with E-state index < -0.39 is 0 Å². The lowest BCUT2D eigenvalue weighted by Crippen LogP contribution is -1.81. The van der Waals surface area contributed by atoms with Crippen LogP contribution in [-0.4, -0.2) is 6.29 Å². The van der Waals surface area contributed by atoms with E-state index in [9.17, 15) is 4.79 Å². The minimum atomic E-state index is 0.552. The lowest BCUT2D eigenvalue weighted by atomic mass is 10.1. The minimum Gasteiger partial charge on any atom is -0.297 e. The van der Waals surface area contributed by atoms with Crippen molar-refractivity contribution in [2.24, 2.45) is 0 Å². The van der Waals surface area contributed by atoms with E-state index in [0.717, 1.165) is 17.4 Å². The van der Waals surface area contributed by atoms with Crippen LogP contribution < -0.4 is 0 Å². The Morgan fingerprint density at radius 2 is 2.00 bits per heavy atom. The van der Waals surface area contributed by atoms with Crippen LogP contribution in [0.4, 0.5) is 0 Å². The second-order valence-electron chi connectivity index (χ2n) is 3.21. The molecule has 0 radical (unpaired) electrons. The van der Waals surface area contributed by atoms with Crippen molar-refractivity contribution in [3.63, 3.8) is 0 Å². The maximum atomic E-state index is 10.6. The summed E-state index contributed by atoms with van der Waals surface area (Å²) in [6.07, 6.45) is 2.63. The van der Waals surface area contributed by atoms with Gasteiger partial charge in [-0.15, -0.1) is 11.3 Å². The first kappa shape index (κ1) is 11.3. The Morgan fingerprint density at radius 3 is 2.69 bits per heavy atom. The van der Waals surface area contributed by atoms with E-state index in [1.54, 1.807) is 11.3 Å². The van der Waals surface area contributed by atoms with Crippen molar-refractivity contribution in [3.8, 4) is 10.4 Å². The van der Waals surface area contributed by atoms with Crippen molar-refractivity contribution in [3.05, 3.63) is 51.8 Å². The Kier molecular flexibility index (Phi) is 3.70. The Labute approximate surface area is 107 Å². The maximum absolute atomic E-state index is 10.6. The molecule has 1 aromatic heterocycles. The van der Waals surface area contributed by atoms with Crippen molar-refractivity contribution in [2.45, 2.75) is 0 Å². The van der Waals surface area contributed by atoms with Gasteiger partial charge in [-0.1, -0.05) is 30.3 Å². The first-order valence-corrected chi connectivity index (χ1v) is 6.44. The van der Waals surface area contributed by atoms with Gasteiger partial charge in [0, 0.05) is 4.88 Å². The van der Waals surface area contributed by atoms with Crippen LogP contribution in [0.2, 0.25) is 0 Å². The SMILES string of the molecule is O=C/C(Br)=C/c1ccccc1-c1cccs1. The lowest BCUT2D eigenvalue weighted by Gasteiger charge is -2.03. The summed E-state index contributed by atoms with van der Waals surface area (Å²) in [6.45, 7) is 0. The number of allylic oxidation sites excluding steroid dienone is 1. The zero-order valence-corrected chi connectivity index (χ0v) is 10.8. The van der Waals surface area contributed by atoms with Gasteiger partial charge < -0.3 is 0 Å². The van der Waals surface area contributed by atoms with Crippen molar-refractivity contribution >= 4 is 39.6 Å². The highest BCUT2D eigenvalue weighted by Crippen LogP contribution is 2.29. The quantitative estimate of drug-likeness (QED) is 0.607. The molecule has 2 rings (SSSR count). The highest BCUT2D eigenvalue weighted by Gasteiger charge is 2.03. The Hall–Kier alpha value is -1.19. The van der Waals surface area contributed by atoms with Crippen molar-refractivity contribution in [2.75, 3.05) is 0 Å². The van der Waals surface area contributed by atoms with E-state index in [-0.39, 0.29) is 0 Å². The third-order valence-electron chi connectivity index (χ3n) is 2.15. The molecular weight excluding hydrogens is 284 g/mol. The summed E-state index contributed by atoms with van der Waals surface area (Å²) < 4.78 is 0.552. The summed E-state index contributed by atoms with van der Waals surface area (Å²) in [5.41, 5.74) is 2.19. The van der Waals surface area contributed by atoms with Crippen LogP contribution in [0, 0.1) is 0 Å². The van der Waals surface area contributed by atoms with Crippen molar-refractivity contribution in [1.82, 2.24) is 0 Å². The van der Waals surface area contributed by atoms with Crippen LogP contribution >= 0.6 is 27.3 Å². The number of halogens is 1. The molecule has 0 fully saturated rings. The van der Waals surface area contributed by atoms with Gasteiger partial charge in [0.1, 0.15) is 0 Å². The summed E-state index contributed by atoms with van der Waals surface area (Å²) in [4.78, 5) is 11.8. The van der Waals surface area contributed by atoms with Gasteiger partial charge >= 0.3 is 0 Å². The third-order valence-corrected chi connectivity index (χ3v) is 3.47. The standard InChI is InChI=1S/C13H9BrOS/c14-11(9-15)8-10-4-1-2-5-12(10)13-6-3-7-16-13/h1-9H/b11-8-. The molecule has 1 heterocycles. The molecule has 0 spiro atoms. The summed E-state index contributed by atoms with van der Waals surface area (Å²) in [5, 5.41) is 2.05. The highest BCUT2D eigenvalue weighted by molar-refractivity contribution is 9.12. The smallest absolute Gasteiger partial charge is 0.157 e. The molecule has 0 unspecified atom stereocenters. The van der Waals surface area contributed by atoms with Gasteiger partial charge in [0.15, 0.2) is 6.29 Å². The molecule has 0 aliphatic rings. The average molecular weight is 293 g/mol. The molecule has 0 amide bonds. The zero-order chi connectivity index (χ0) is 11.4. The predicted octanol–water partition coefficient (Wildman–Crippen LogP) is 4.35. The van der Waals surface area contributed by atoms with Gasteiger partial charge in [-0.2, -0.15) is 0 Å². The first-order chi connectivity index (χ1) is 7.81. The number of benzene rings is 1. The molecule has 0 N–H and O–H groups in total. The number of hydrogen-bond acceptors (Lipinski definition) is 2. The molecule has 16 heavy (non-hydrogen) atoms. The van der Waals surface area contributed by atoms with Gasteiger partial charge in [-0.3, -0.25) is 4.79 Å².